The molecule has 0 aliphatic rings. The first-order valence-electron chi connectivity index (χ1n) is 16.1. The highest BCUT2D eigenvalue weighted by Gasteiger charge is 2.18. The van der Waals surface area contributed by atoms with E-state index in [1.807, 2.05) is 31.2 Å². The fourth-order valence-electron chi connectivity index (χ4n) is 4.91. The van der Waals surface area contributed by atoms with Crippen molar-refractivity contribution in [2.24, 2.45) is 0 Å². The number of benzene rings is 3. The molecular formula is C37H46F2O4S. The highest BCUT2D eigenvalue weighted by molar-refractivity contribution is 7.80. The Bertz CT molecular complexity index is 1330. The molecule has 3 aromatic rings. The zero-order valence-electron chi connectivity index (χ0n) is 26.3. The SMILES string of the molecule is CCCCCCCCCOc1ccc(-c2ccc(C(=S)Oc3ccc(C(=O)OC(C)CCCCCC)c(F)c3)cc2F)cc1. The van der Waals surface area contributed by atoms with Gasteiger partial charge in [-0.3, -0.25) is 0 Å². The molecule has 0 fully saturated rings. The first kappa shape index (κ1) is 35.2. The molecule has 0 heterocycles. The molecule has 3 aromatic carbocycles. The van der Waals surface area contributed by atoms with Crippen LogP contribution in [0, 0.1) is 11.6 Å². The monoisotopic (exact) mass is 624 g/mol. The molecule has 3 rings (SSSR count). The maximum Gasteiger partial charge on any atom is 0.341 e. The minimum atomic E-state index is -0.773. The summed E-state index contributed by atoms with van der Waals surface area (Å²) in [6.45, 7) is 6.83. The maximum absolute atomic E-state index is 15.1. The molecule has 0 radical (unpaired) electrons. The third kappa shape index (κ3) is 11.6. The Balaban J connectivity index is 1.51. The van der Waals surface area contributed by atoms with E-state index in [0.717, 1.165) is 50.3 Å². The van der Waals surface area contributed by atoms with Crippen LogP contribution in [-0.4, -0.2) is 23.7 Å². The van der Waals surface area contributed by atoms with Gasteiger partial charge in [0.1, 0.15) is 23.1 Å². The predicted octanol–water partition coefficient (Wildman–Crippen LogP) is 11.0. The minimum Gasteiger partial charge on any atom is -0.494 e. The second kappa shape index (κ2) is 19.1. The number of carbonyl (C=O) groups is 1. The van der Waals surface area contributed by atoms with Crippen LogP contribution in [0.3, 0.4) is 0 Å². The van der Waals surface area contributed by atoms with Crippen LogP contribution in [0.1, 0.15) is 114 Å². The van der Waals surface area contributed by atoms with Gasteiger partial charge in [-0.15, -0.1) is 0 Å². The van der Waals surface area contributed by atoms with Crippen molar-refractivity contribution in [1.29, 1.82) is 0 Å². The second-order valence-electron chi connectivity index (χ2n) is 11.3. The fraction of sp³-hybridized carbons (Fsp3) is 0.459. The third-order valence-electron chi connectivity index (χ3n) is 7.53. The van der Waals surface area contributed by atoms with Gasteiger partial charge in [-0.25, -0.2) is 13.6 Å². The Kier molecular flexibility index (Phi) is 15.3. The van der Waals surface area contributed by atoms with E-state index < -0.39 is 17.6 Å². The first-order valence-corrected chi connectivity index (χ1v) is 16.5. The fourth-order valence-corrected chi connectivity index (χ4v) is 5.13. The largest absolute Gasteiger partial charge is 0.494 e. The van der Waals surface area contributed by atoms with Crippen molar-refractivity contribution < 1.29 is 27.8 Å². The summed E-state index contributed by atoms with van der Waals surface area (Å²) in [6.07, 6.45) is 13.3. The second-order valence-corrected chi connectivity index (χ2v) is 11.7. The summed E-state index contributed by atoms with van der Waals surface area (Å²) in [5, 5.41) is -0.0139. The van der Waals surface area contributed by atoms with Crippen LogP contribution in [0.4, 0.5) is 8.78 Å². The molecule has 0 bridgehead atoms. The van der Waals surface area contributed by atoms with Crippen LogP contribution in [0.5, 0.6) is 11.5 Å². The Morgan fingerprint density at radius 1 is 0.750 bits per heavy atom. The number of esters is 1. The summed E-state index contributed by atoms with van der Waals surface area (Å²) in [7, 11) is 0. The lowest BCUT2D eigenvalue weighted by molar-refractivity contribution is 0.0314. The number of thiocarbonyl (C=S) groups is 1. The molecule has 0 saturated heterocycles. The summed E-state index contributed by atoms with van der Waals surface area (Å²) in [5.74, 6) is -1.09. The molecule has 1 atom stereocenters. The van der Waals surface area contributed by atoms with E-state index >= 15 is 4.39 Å². The summed E-state index contributed by atoms with van der Waals surface area (Å²) < 4.78 is 46.7. The summed E-state index contributed by atoms with van der Waals surface area (Å²) in [5.41, 5.74) is 1.30. The van der Waals surface area contributed by atoms with Crippen molar-refractivity contribution in [2.45, 2.75) is 104 Å². The molecule has 0 aliphatic carbocycles. The normalized spacial score (nSPS) is 11.7. The number of rotatable bonds is 19. The molecule has 44 heavy (non-hydrogen) atoms. The molecule has 0 spiro atoms. The molecule has 0 aromatic heterocycles. The van der Waals surface area contributed by atoms with E-state index in [1.165, 1.54) is 56.7 Å². The van der Waals surface area contributed by atoms with E-state index in [0.29, 0.717) is 23.3 Å². The van der Waals surface area contributed by atoms with Crippen molar-refractivity contribution in [3.05, 3.63) is 83.4 Å². The molecule has 0 amide bonds. The Morgan fingerprint density at radius 3 is 2.05 bits per heavy atom. The summed E-state index contributed by atoms with van der Waals surface area (Å²) in [4.78, 5) is 12.5. The summed E-state index contributed by atoms with van der Waals surface area (Å²) >= 11 is 5.35. The highest BCUT2D eigenvalue weighted by Crippen LogP contribution is 2.27. The lowest BCUT2D eigenvalue weighted by Crippen LogP contribution is -2.16. The van der Waals surface area contributed by atoms with E-state index in [-0.39, 0.29) is 22.5 Å². The Labute approximate surface area is 267 Å². The highest BCUT2D eigenvalue weighted by atomic mass is 32.1. The van der Waals surface area contributed by atoms with Crippen LogP contribution in [0.15, 0.2) is 60.7 Å². The van der Waals surface area contributed by atoms with Crippen LogP contribution in [0.25, 0.3) is 11.1 Å². The van der Waals surface area contributed by atoms with E-state index in [1.54, 1.807) is 12.1 Å². The van der Waals surface area contributed by atoms with Crippen molar-refractivity contribution >= 4 is 23.2 Å². The lowest BCUT2D eigenvalue weighted by Gasteiger charge is -2.14. The van der Waals surface area contributed by atoms with Gasteiger partial charge in [-0.05, 0) is 80.4 Å². The average molecular weight is 625 g/mol. The maximum atomic E-state index is 15.1. The van der Waals surface area contributed by atoms with Gasteiger partial charge in [-0.1, -0.05) is 89.8 Å². The Hall–Kier alpha value is -3.32. The zero-order valence-corrected chi connectivity index (χ0v) is 27.2. The predicted molar refractivity (Wildman–Crippen MR) is 178 cm³/mol. The number of halogens is 2. The van der Waals surface area contributed by atoms with Crippen molar-refractivity contribution in [2.75, 3.05) is 6.61 Å². The number of carbonyl (C=O) groups excluding carboxylic acids is 1. The standard InChI is InChI=1S/C37H46F2O4S/c1-4-6-8-10-11-12-14-24-41-30-19-16-28(17-20-30)32-22-18-29(25-34(32)38)37(44)43-31-21-23-33(35(39)26-31)36(40)42-27(3)15-13-9-7-5-2/h16-23,25-27H,4-15,24H2,1-3H3. The van der Waals surface area contributed by atoms with Crippen molar-refractivity contribution in [3.63, 3.8) is 0 Å². The molecule has 238 valence electrons. The zero-order chi connectivity index (χ0) is 31.7. The topological polar surface area (TPSA) is 44.8 Å². The Morgan fingerprint density at radius 2 is 1.39 bits per heavy atom. The summed E-state index contributed by atoms with van der Waals surface area (Å²) in [6, 6.07) is 15.8. The molecule has 1 unspecified atom stereocenters. The lowest BCUT2D eigenvalue weighted by atomic mass is 10.0. The third-order valence-corrected chi connectivity index (χ3v) is 7.85. The number of unbranched alkanes of at least 4 members (excludes halogenated alkanes) is 9. The molecule has 4 nitrogen and oxygen atoms in total. The van der Waals surface area contributed by atoms with Crippen molar-refractivity contribution in [1.82, 2.24) is 0 Å². The number of ether oxygens (including phenoxy) is 3. The van der Waals surface area contributed by atoms with Gasteiger partial charge in [-0.2, -0.15) is 0 Å². The van der Waals surface area contributed by atoms with Crippen LogP contribution in [0.2, 0.25) is 0 Å². The van der Waals surface area contributed by atoms with Crippen molar-refractivity contribution in [3.8, 4) is 22.6 Å². The smallest absolute Gasteiger partial charge is 0.341 e. The van der Waals surface area contributed by atoms with Crippen LogP contribution >= 0.6 is 12.2 Å². The van der Waals surface area contributed by atoms with Gasteiger partial charge in [0, 0.05) is 17.2 Å². The van der Waals surface area contributed by atoms with E-state index in [2.05, 4.69) is 13.8 Å². The number of hydrogen-bond donors (Lipinski definition) is 0. The quantitative estimate of drug-likeness (QED) is 0.0754. The van der Waals surface area contributed by atoms with Gasteiger partial charge < -0.3 is 14.2 Å². The van der Waals surface area contributed by atoms with Crippen LogP contribution < -0.4 is 9.47 Å². The van der Waals surface area contributed by atoms with E-state index in [4.69, 9.17) is 26.4 Å². The molecule has 7 heteroatoms. The first-order chi connectivity index (χ1) is 21.3. The molecule has 0 aliphatic heterocycles. The average Bonchev–Trinajstić information content (AvgIpc) is 3.01. The van der Waals surface area contributed by atoms with Gasteiger partial charge in [0.2, 0.25) is 0 Å². The van der Waals surface area contributed by atoms with Gasteiger partial charge in [0.05, 0.1) is 18.3 Å². The van der Waals surface area contributed by atoms with E-state index in [9.17, 15) is 9.18 Å². The molecule has 0 saturated carbocycles. The number of hydrogen-bond acceptors (Lipinski definition) is 5. The van der Waals surface area contributed by atoms with Gasteiger partial charge in [0.25, 0.3) is 0 Å². The van der Waals surface area contributed by atoms with Gasteiger partial charge in [0.15, 0.2) is 5.05 Å². The van der Waals surface area contributed by atoms with Gasteiger partial charge >= 0.3 is 5.97 Å². The molecular weight excluding hydrogens is 578 g/mol. The van der Waals surface area contributed by atoms with Crippen LogP contribution in [-0.2, 0) is 4.74 Å². The molecule has 0 N–H and O–H groups in total. The minimum absolute atomic E-state index is 0.0139.